The number of nitrogens with one attached hydrogen (secondary N) is 1. The molecule has 0 heterocycles. The predicted octanol–water partition coefficient (Wildman–Crippen LogP) is 6.00. The monoisotopic (exact) mass is 311 g/mol. The molecule has 0 saturated carbocycles. The van der Waals surface area contributed by atoms with Gasteiger partial charge >= 0.3 is 0 Å². The van der Waals surface area contributed by atoms with Crippen LogP contribution in [0.5, 0.6) is 0 Å². The normalized spacial score (nSPS) is 12.2. The van der Waals surface area contributed by atoms with Gasteiger partial charge in [-0.05, 0) is 54.8 Å². The topological polar surface area (TPSA) is 12.0 Å². The van der Waals surface area contributed by atoms with Gasteiger partial charge in [0.2, 0.25) is 0 Å². The molecule has 0 radical (unpaired) electrons. The highest BCUT2D eigenvalue weighted by Gasteiger charge is 2.11. The summed E-state index contributed by atoms with van der Waals surface area (Å²) in [6.45, 7) is 3.83. The molecule has 2 rings (SSSR count). The van der Waals surface area contributed by atoms with Crippen LogP contribution in [0.3, 0.4) is 0 Å². The average Bonchev–Trinajstić information content (AvgIpc) is 2.43. The van der Waals surface area contributed by atoms with E-state index in [4.69, 9.17) is 23.2 Å². The van der Waals surface area contributed by atoms with E-state index in [1.165, 1.54) is 6.07 Å². The summed E-state index contributed by atoms with van der Waals surface area (Å²) < 4.78 is 13.3. The van der Waals surface area contributed by atoms with Crippen molar-refractivity contribution < 1.29 is 4.39 Å². The third-order valence-electron chi connectivity index (χ3n) is 3.25. The summed E-state index contributed by atoms with van der Waals surface area (Å²) >= 11 is 12.0. The molecule has 0 aliphatic rings. The molecule has 4 heteroatoms. The summed E-state index contributed by atoms with van der Waals surface area (Å²) in [5.74, 6) is -0.196. The molecular formula is C16H16Cl2FN. The molecule has 0 spiro atoms. The molecule has 0 aliphatic carbocycles. The summed E-state index contributed by atoms with van der Waals surface area (Å²) in [6, 6.07) is 10.7. The molecule has 2 aromatic rings. The lowest BCUT2D eigenvalue weighted by molar-refractivity contribution is 0.618. The van der Waals surface area contributed by atoms with Gasteiger partial charge in [-0.15, -0.1) is 0 Å². The predicted molar refractivity (Wildman–Crippen MR) is 84.3 cm³/mol. The Hall–Kier alpha value is -1.25. The van der Waals surface area contributed by atoms with Crippen molar-refractivity contribution in [2.75, 3.05) is 5.32 Å². The molecule has 1 unspecified atom stereocenters. The largest absolute Gasteiger partial charge is 0.378 e. The van der Waals surface area contributed by atoms with Crippen LogP contribution in [-0.2, 0) is 0 Å². The average molecular weight is 312 g/mol. The molecule has 0 bridgehead atoms. The zero-order valence-corrected chi connectivity index (χ0v) is 12.9. The third-order valence-corrected chi connectivity index (χ3v) is 3.99. The van der Waals surface area contributed by atoms with Crippen LogP contribution in [0.2, 0.25) is 10.0 Å². The SMILES string of the molecule is CCC(Nc1ccc(F)c(C)c1)c1ccc(Cl)c(Cl)c1. The molecule has 0 saturated heterocycles. The number of halogens is 3. The van der Waals surface area contributed by atoms with Gasteiger partial charge in [0.15, 0.2) is 0 Å². The Bertz CT molecular complexity index is 613. The van der Waals surface area contributed by atoms with E-state index >= 15 is 0 Å². The lowest BCUT2D eigenvalue weighted by Crippen LogP contribution is -2.10. The Balaban J connectivity index is 2.23. The van der Waals surface area contributed by atoms with Crippen LogP contribution in [0, 0.1) is 12.7 Å². The fourth-order valence-electron chi connectivity index (χ4n) is 2.09. The number of hydrogen-bond donors (Lipinski definition) is 1. The van der Waals surface area contributed by atoms with Gasteiger partial charge in [0.05, 0.1) is 16.1 Å². The Labute approximate surface area is 128 Å². The van der Waals surface area contributed by atoms with Crippen LogP contribution >= 0.6 is 23.2 Å². The van der Waals surface area contributed by atoms with Gasteiger partial charge in [0.25, 0.3) is 0 Å². The molecule has 1 N–H and O–H groups in total. The second-order valence-electron chi connectivity index (χ2n) is 4.74. The highest BCUT2D eigenvalue weighted by molar-refractivity contribution is 6.42. The van der Waals surface area contributed by atoms with Gasteiger partial charge in [-0.25, -0.2) is 4.39 Å². The Morgan fingerprint density at radius 1 is 1.10 bits per heavy atom. The standard InChI is InChI=1S/C16H16Cl2FN/c1-3-16(11-4-6-13(17)14(18)9-11)20-12-5-7-15(19)10(2)8-12/h4-9,16,20H,3H2,1-2H3. The minimum absolute atomic E-state index is 0.106. The highest BCUT2D eigenvalue weighted by Crippen LogP contribution is 2.29. The number of aryl methyl sites for hydroxylation is 1. The summed E-state index contributed by atoms with van der Waals surface area (Å²) in [5, 5.41) is 4.48. The summed E-state index contributed by atoms with van der Waals surface area (Å²) in [6.07, 6.45) is 0.883. The maximum Gasteiger partial charge on any atom is 0.126 e. The molecule has 1 nitrogen and oxygen atoms in total. The van der Waals surface area contributed by atoms with Gasteiger partial charge in [-0.2, -0.15) is 0 Å². The van der Waals surface area contributed by atoms with Crippen molar-refractivity contribution in [3.63, 3.8) is 0 Å². The van der Waals surface area contributed by atoms with Crippen molar-refractivity contribution in [3.05, 3.63) is 63.4 Å². The minimum atomic E-state index is -0.196. The van der Waals surface area contributed by atoms with Crippen molar-refractivity contribution >= 4 is 28.9 Å². The van der Waals surface area contributed by atoms with E-state index in [0.717, 1.165) is 17.7 Å². The number of anilines is 1. The van der Waals surface area contributed by atoms with Gasteiger partial charge in [0.1, 0.15) is 5.82 Å². The van der Waals surface area contributed by atoms with E-state index in [0.29, 0.717) is 15.6 Å². The first kappa shape index (κ1) is 15.1. The van der Waals surface area contributed by atoms with E-state index in [1.807, 2.05) is 12.1 Å². The maximum atomic E-state index is 13.3. The van der Waals surface area contributed by atoms with Crippen LogP contribution < -0.4 is 5.32 Å². The van der Waals surface area contributed by atoms with Crippen LogP contribution in [0.25, 0.3) is 0 Å². The molecule has 20 heavy (non-hydrogen) atoms. The van der Waals surface area contributed by atoms with Crippen LogP contribution in [0.4, 0.5) is 10.1 Å². The quantitative estimate of drug-likeness (QED) is 0.729. The van der Waals surface area contributed by atoms with Gasteiger partial charge in [-0.3, -0.25) is 0 Å². The molecule has 0 aliphatic heterocycles. The van der Waals surface area contributed by atoms with Crippen LogP contribution in [0.1, 0.15) is 30.5 Å². The summed E-state index contributed by atoms with van der Waals surface area (Å²) in [4.78, 5) is 0. The van der Waals surface area contributed by atoms with Crippen LogP contribution in [0.15, 0.2) is 36.4 Å². The molecule has 2 aromatic carbocycles. The number of hydrogen-bond acceptors (Lipinski definition) is 1. The second-order valence-corrected chi connectivity index (χ2v) is 5.56. The van der Waals surface area contributed by atoms with Crippen molar-refractivity contribution in [1.82, 2.24) is 0 Å². The molecular weight excluding hydrogens is 296 g/mol. The van der Waals surface area contributed by atoms with Crippen molar-refractivity contribution in [1.29, 1.82) is 0 Å². The molecule has 0 amide bonds. The Morgan fingerprint density at radius 3 is 2.45 bits per heavy atom. The van der Waals surface area contributed by atoms with E-state index in [9.17, 15) is 4.39 Å². The minimum Gasteiger partial charge on any atom is -0.378 e. The second kappa shape index (κ2) is 6.47. The first-order valence-electron chi connectivity index (χ1n) is 6.49. The van der Waals surface area contributed by atoms with Gasteiger partial charge in [-0.1, -0.05) is 36.2 Å². The first-order chi connectivity index (χ1) is 9.51. The molecule has 106 valence electrons. The molecule has 1 atom stereocenters. The number of benzene rings is 2. The first-order valence-corrected chi connectivity index (χ1v) is 7.24. The lowest BCUT2D eigenvalue weighted by atomic mass is 10.0. The van der Waals surface area contributed by atoms with Gasteiger partial charge in [0, 0.05) is 5.69 Å². The maximum absolute atomic E-state index is 13.3. The van der Waals surface area contributed by atoms with E-state index in [-0.39, 0.29) is 11.9 Å². The molecule has 0 aromatic heterocycles. The fraction of sp³-hybridized carbons (Fsp3) is 0.250. The zero-order chi connectivity index (χ0) is 14.7. The smallest absolute Gasteiger partial charge is 0.126 e. The number of rotatable bonds is 4. The zero-order valence-electron chi connectivity index (χ0n) is 11.4. The van der Waals surface area contributed by atoms with Crippen molar-refractivity contribution in [2.45, 2.75) is 26.3 Å². The van der Waals surface area contributed by atoms with Gasteiger partial charge < -0.3 is 5.32 Å². The molecule has 0 fully saturated rings. The van der Waals surface area contributed by atoms with E-state index < -0.39 is 0 Å². The highest BCUT2D eigenvalue weighted by atomic mass is 35.5. The van der Waals surface area contributed by atoms with E-state index in [2.05, 4.69) is 12.2 Å². The van der Waals surface area contributed by atoms with Crippen LogP contribution in [-0.4, -0.2) is 0 Å². The Kier molecular flexibility index (Phi) is 4.90. The lowest BCUT2D eigenvalue weighted by Gasteiger charge is -2.19. The fourth-order valence-corrected chi connectivity index (χ4v) is 2.39. The summed E-state index contributed by atoms with van der Waals surface area (Å²) in [5.41, 5.74) is 2.57. The summed E-state index contributed by atoms with van der Waals surface area (Å²) in [7, 11) is 0. The third kappa shape index (κ3) is 3.44. The van der Waals surface area contributed by atoms with Crippen molar-refractivity contribution in [3.8, 4) is 0 Å². The van der Waals surface area contributed by atoms with Crippen molar-refractivity contribution in [2.24, 2.45) is 0 Å². The van der Waals surface area contributed by atoms with E-state index in [1.54, 1.807) is 25.1 Å². The Morgan fingerprint density at radius 2 is 1.85 bits per heavy atom.